The highest BCUT2D eigenvalue weighted by Crippen LogP contribution is 2.01. The van der Waals surface area contributed by atoms with Crippen LogP contribution in [0.15, 0.2) is 53.7 Å². The third kappa shape index (κ3) is 3.28. The Morgan fingerprint density at radius 2 is 2.21 bits per heavy atom. The second-order valence-corrected chi connectivity index (χ2v) is 4.25. The van der Waals surface area contributed by atoms with Gasteiger partial charge in [-0.1, -0.05) is 6.07 Å². The Labute approximate surface area is 110 Å². The van der Waals surface area contributed by atoms with Gasteiger partial charge in [0.15, 0.2) is 0 Å². The molecule has 0 saturated heterocycles. The SMILES string of the molecule is CC(CNC(=O)c1cccnc1)n1ccccc1=O. The first-order valence-corrected chi connectivity index (χ1v) is 6.04. The van der Waals surface area contributed by atoms with Crippen molar-refractivity contribution in [3.63, 3.8) is 0 Å². The highest BCUT2D eigenvalue weighted by Gasteiger charge is 2.09. The molecule has 19 heavy (non-hydrogen) atoms. The molecule has 2 aromatic rings. The van der Waals surface area contributed by atoms with Crippen molar-refractivity contribution in [3.8, 4) is 0 Å². The minimum Gasteiger partial charge on any atom is -0.350 e. The van der Waals surface area contributed by atoms with E-state index in [2.05, 4.69) is 10.3 Å². The Kier molecular flexibility index (Phi) is 4.07. The van der Waals surface area contributed by atoms with E-state index in [-0.39, 0.29) is 17.5 Å². The van der Waals surface area contributed by atoms with Crippen LogP contribution in [0.3, 0.4) is 0 Å². The summed E-state index contributed by atoms with van der Waals surface area (Å²) >= 11 is 0. The smallest absolute Gasteiger partial charge is 0.252 e. The first kappa shape index (κ1) is 13.0. The molecular weight excluding hydrogens is 242 g/mol. The molecule has 0 bridgehead atoms. The van der Waals surface area contributed by atoms with Crippen LogP contribution in [0.25, 0.3) is 0 Å². The largest absolute Gasteiger partial charge is 0.350 e. The maximum Gasteiger partial charge on any atom is 0.252 e. The molecule has 1 amide bonds. The molecule has 5 heteroatoms. The monoisotopic (exact) mass is 257 g/mol. The molecule has 1 N–H and O–H groups in total. The van der Waals surface area contributed by atoms with Crippen molar-refractivity contribution in [2.75, 3.05) is 6.54 Å². The number of nitrogens with one attached hydrogen (secondary N) is 1. The first-order valence-electron chi connectivity index (χ1n) is 6.04. The summed E-state index contributed by atoms with van der Waals surface area (Å²) in [6.07, 6.45) is 4.83. The van der Waals surface area contributed by atoms with Crippen molar-refractivity contribution in [1.29, 1.82) is 0 Å². The highest BCUT2D eigenvalue weighted by molar-refractivity contribution is 5.93. The summed E-state index contributed by atoms with van der Waals surface area (Å²) in [5.74, 6) is -0.191. The van der Waals surface area contributed by atoms with Gasteiger partial charge in [0.05, 0.1) is 11.6 Å². The summed E-state index contributed by atoms with van der Waals surface area (Å²) < 4.78 is 1.59. The predicted octanol–water partition coefficient (Wildman–Crippen LogP) is 1.23. The van der Waals surface area contributed by atoms with E-state index >= 15 is 0 Å². The van der Waals surface area contributed by atoms with Gasteiger partial charge in [0.1, 0.15) is 0 Å². The van der Waals surface area contributed by atoms with Gasteiger partial charge in [-0.15, -0.1) is 0 Å². The van der Waals surface area contributed by atoms with Crippen molar-refractivity contribution in [2.45, 2.75) is 13.0 Å². The lowest BCUT2D eigenvalue weighted by Crippen LogP contribution is -2.33. The first-order chi connectivity index (χ1) is 9.18. The Balaban J connectivity index is 1.98. The Bertz CT molecular complexity index is 607. The van der Waals surface area contributed by atoms with Gasteiger partial charge in [0, 0.05) is 31.2 Å². The van der Waals surface area contributed by atoms with E-state index in [0.29, 0.717) is 12.1 Å². The van der Waals surface area contributed by atoms with Gasteiger partial charge >= 0.3 is 0 Å². The van der Waals surface area contributed by atoms with Gasteiger partial charge in [-0.2, -0.15) is 0 Å². The van der Waals surface area contributed by atoms with E-state index < -0.39 is 0 Å². The van der Waals surface area contributed by atoms with Crippen molar-refractivity contribution >= 4 is 5.91 Å². The number of pyridine rings is 2. The Morgan fingerprint density at radius 3 is 2.89 bits per heavy atom. The van der Waals surface area contributed by atoms with Crippen LogP contribution in [0.1, 0.15) is 23.3 Å². The number of rotatable bonds is 4. The maximum atomic E-state index is 11.8. The van der Waals surface area contributed by atoms with Crippen LogP contribution in [0.4, 0.5) is 0 Å². The van der Waals surface area contributed by atoms with Crippen LogP contribution < -0.4 is 10.9 Å². The zero-order chi connectivity index (χ0) is 13.7. The van der Waals surface area contributed by atoms with Crippen LogP contribution in [-0.2, 0) is 0 Å². The lowest BCUT2D eigenvalue weighted by atomic mass is 10.2. The Morgan fingerprint density at radius 1 is 1.37 bits per heavy atom. The van der Waals surface area contributed by atoms with E-state index in [1.54, 1.807) is 41.2 Å². The highest BCUT2D eigenvalue weighted by atomic mass is 16.1. The van der Waals surface area contributed by atoms with Crippen LogP contribution in [0.5, 0.6) is 0 Å². The topological polar surface area (TPSA) is 64.0 Å². The summed E-state index contributed by atoms with van der Waals surface area (Å²) in [5.41, 5.74) is 0.431. The summed E-state index contributed by atoms with van der Waals surface area (Å²) in [6.45, 7) is 2.27. The fraction of sp³-hybridized carbons (Fsp3) is 0.214. The molecule has 0 spiro atoms. The zero-order valence-corrected chi connectivity index (χ0v) is 10.6. The van der Waals surface area contributed by atoms with Gasteiger partial charge in [0.2, 0.25) is 0 Å². The summed E-state index contributed by atoms with van der Waals surface area (Å²) in [4.78, 5) is 27.3. The molecular formula is C14H15N3O2. The normalized spacial score (nSPS) is 11.8. The molecule has 1 unspecified atom stereocenters. The minimum atomic E-state index is -0.191. The fourth-order valence-electron chi connectivity index (χ4n) is 1.74. The number of carbonyl (C=O) groups is 1. The molecule has 0 saturated carbocycles. The molecule has 0 radical (unpaired) electrons. The summed E-state index contributed by atoms with van der Waals surface area (Å²) in [5, 5.41) is 2.79. The van der Waals surface area contributed by atoms with Gasteiger partial charge in [-0.05, 0) is 25.1 Å². The molecule has 2 rings (SSSR count). The van der Waals surface area contributed by atoms with Crippen molar-refractivity contribution in [1.82, 2.24) is 14.9 Å². The van der Waals surface area contributed by atoms with Crippen LogP contribution in [0.2, 0.25) is 0 Å². The van der Waals surface area contributed by atoms with Crippen molar-refractivity contribution < 1.29 is 4.79 Å². The predicted molar refractivity (Wildman–Crippen MR) is 72.0 cm³/mol. The molecule has 0 aromatic carbocycles. The maximum absolute atomic E-state index is 11.8. The number of amides is 1. The molecule has 2 aromatic heterocycles. The molecule has 0 fully saturated rings. The quantitative estimate of drug-likeness (QED) is 0.896. The van der Waals surface area contributed by atoms with E-state index in [1.807, 2.05) is 6.92 Å². The number of aromatic nitrogens is 2. The third-order valence-electron chi connectivity index (χ3n) is 2.81. The Hall–Kier alpha value is -2.43. The van der Waals surface area contributed by atoms with E-state index in [1.165, 1.54) is 12.3 Å². The van der Waals surface area contributed by atoms with E-state index in [4.69, 9.17) is 0 Å². The minimum absolute atomic E-state index is 0.0781. The second kappa shape index (κ2) is 5.95. The van der Waals surface area contributed by atoms with Gasteiger partial charge in [0.25, 0.3) is 11.5 Å². The standard InChI is InChI=1S/C14H15N3O2/c1-11(17-8-3-2-6-13(17)18)9-16-14(19)12-5-4-7-15-10-12/h2-8,10-11H,9H2,1H3,(H,16,19). The van der Waals surface area contributed by atoms with Gasteiger partial charge in [-0.25, -0.2) is 0 Å². The lowest BCUT2D eigenvalue weighted by molar-refractivity contribution is 0.0948. The number of carbonyl (C=O) groups excluding carboxylic acids is 1. The summed E-state index contributed by atoms with van der Waals surface area (Å²) in [7, 11) is 0. The molecule has 5 nitrogen and oxygen atoms in total. The molecule has 98 valence electrons. The molecule has 0 aliphatic rings. The second-order valence-electron chi connectivity index (χ2n) is 4.25. The van der Waals surface area contributed by atoms with Crippen molar-refractivity contribution in [2.24, 2.45) is 0 Å². The number of hydrogen-bond acceptors (Lipinski definition) is 3. The summed E-state index contributed by atoms with van der Waals surface area (Å²) in [6, 6.07) is 8.29. The zero-order valence-electron chi connectivity index (χ0n) is 10.6. The number of nitrogens with zero attached hydrogens (tertiary/aromatic N) is 2. The number of hydrogen-bond donors (Lipinski definition) is 1. The molecule has 2 heterocycles. The lowest BCUT2D eigenvalue weighted by Gasteiger charge is -2.15. The van der Waals surface area contributed by atoms with Gasteiger partial charge < -0.3 is 9.88 Å². The molecule has 1 atom stereocenters. The van der Waals surface area contributed by atoms with E-state index in [0.717, 1.165) is 0 Å². The van der Waals surface area contributed by atoms with Gasteiger partial charge in [-0.3, -0.25) is 14.6 Å². The molecule has 0 aliphatic carbocycles. The van der Waals surface area contributed by atoms with Crippen LogP contribution in [-0.4, -0.2) is 22.0 Å². The molecule has 0 aliphatic heterocycles. The van der Waals surface area contributed by atoms with E-state index in [9.17, 15) is 9.59 Å². The average Bonchev–Trinajstić information content (AvgIpc) is 2.46. The third-order valence-corrected chi connectivity index (χ3v) is 2.81. The van der Waals surface area contributed by atoms with Crippen LogP contribution >= 0.6 is 0 Å². The van der Waals surface area contributed by atoms with Crippen molar-refractivity contribution in [3.05, 3.63) is 64.8 Å². The average molecular weight is 257 g/mol. The van der Waals surface area contributed by atoms with Crippen LogP contribution in [0, 0.1) is 0 Å². The fourth-order valence-corrected chi connectivity index (χ4v) is 1.74.